The topological polar surface area (TPSA) is 261 Å². The minimum atomic E-state index is -0.569. The third kappa shape index (κ3) is 12.7. The first-order valence-corrected chi connectivity index (χ1v) is 23.2. The zero-order valence-corrected chi connectivity index (χ0v) is 39.5. The molecule has 0 spiro atoms. The predicted molar refractivity (Wildman–Crippen MR) is 260 cm³/mol. The first-order chi connectivity index (χ1) is 33.4. The van der Waals surface area contributed by atoms with Crippen LogP contribution in [0.3, 0.4) is 0 Å². The summed E-state index contributed by atoms with van der Waals surface area (Å²) in [5.41, 5.74) is 14.4. The standard InChI is InChI=1S/C48H54Cl2N10O9/c1-2-32-34(25-56-47(51)43(32)29-3-6-31(62)7-4-29)30-5-8-39(55-24-30)48(66)54-12-9-40(63)52-13-17-67-19-21-69-22-20-68-18-14-53-41(64)27-60-16-11-38(58-60)33-23-36(49)45(50)46-44(33)35-26-59(42(65)28-61)15-10-37(35)57-46/h3-8,11,16,23-25,57,61-62H,2,9-10,12-15,17-22,26-28H2,1H3,(H2,51,56)(H,52,63)(H,53,64)(H,54,66). The maximum atomic E-state index is 12.8. The van der Waals surface area contributed by atoms with Crippen LogP contribution in [0.2, 0.25) is 10.0 Å². The van der Waals surface area contributed by atoms with Crippen LogP contribution in [0, 0.1) is 0 Å². The Balaban J connectivity index is 0.716. The minimum Gasteiger partial charge on any atom is -0.508 e. The Morgan fingerprint density at radius 3 is 2.22 bits per heavy atom. The number of aliphatic hydroxyl groups is 1. The number of nitrogens with one attached hydrogen (secondary N) is 4. The van der Waals surface area contributed by atoms with Crippen molar-refractivity contribution < 1.29 is 43.6 Å². The molecule has 69 heavy (non-hydrogen) atoms. The van der Waals surface area contributed by atoms with Crippen molar-refractivity contribution in [3.63, 3.8) is 0 Å². The number of phenolic OH excluding ortho intramolecular Hbond substituents is 1. The number of nitrogens with two attached hydrogens (primary N) is 1. The van der Waals surface area contributed by atoms with Gasteiger partial charge < -0.3 is 56.0 Å². The maximum Gasteiger partial charge on any atom is 0.269 e. The van der Waals surface area contributed by atoms with E-state index in [9.17, 15) is 29.4 Å². The number of fused-ring (bicyclic) bond motifs is 3. The number of pyridine rings is 2. The lowest BCUT2D eigenvalue weighted by Gasteiger charge is -2.26. The van der Waals surface area contributed by atoms with Gasteiger partial charge in [0, 0.05) is 103 Å². The predicted octanol–water partition coefficient (Wildman–Crippen LogP) is 4.29. The molecule has 21 heteroatoms. The second-order valence-electron chi connectivity index (χ2n) is 16.0. The number of aromatic nitrogens is 5. The number of nitrogen functional groups attached to an aromatic ring is 1. The van der Waals surface area contributed by atoms with Gasteiger partial charge >= 0.3 is 0 Å². The smallest absolute Gasteiger partial charge is 0.269 e. The summed E-state index contributed by atoms with van der Waals surface area (Å²) in [7, 11) is 0. The molecule has 4 aromatic heterocycles. The van der Waals surface area contributed by atoms with Gasteiger partial charge in [0.2, 0.25) is 17.7 Å². The lowest BCUT2D eigenvalue weighted by molar-refractivity contribution is -0.135. The first kappa shape index (κ1) is 50.3. The number of anilines is 1. The number of ether oxygens (including phenoxy) is 3. The van der Waals surface area contributed by atoms with E-state index in [1.54, 1.807) is 72.0 Å². The van der Waals surface area contributed by atoms with Crippen LogP contribution in [-0.4, -0.2) is 136 Å². The summed E-state index contributed by atoms with van der Waals surface area (Å²) in [6.07, 6.45) is 6.31. The van der Waals surface area contributed by atoms with Crippen LogP contribution in [-0.2, 0) is 54.5 Å². The van der Waals surface area contributed by atoms with Crippen molar-refractivity contribution in [2.24, 2.45) is 0 Å². The molecule has 0 aliphatic carbocycles. The van der Waals surface area contributed by atoms with Crippen molar-refractivity contribution >= 4 is 63.6 Å². The van der Waals surface area contributed by atoms with Gasteiger partial charge in [-0.15, -0.1) is 0 Å². The molecule has 0 saturated heterocycles. The molecule has 0 unspecified atom stereocenters. The molecule has 0 bridgehead atoms. The lowest BCUT2D eigenvalue weighted by Crippen LogP contribution is -2.37. The van der Waals surface area contributed by atoms with Crippen LogP contribution in [0.4, 0.5) is 5.82 Å². The van der Waals surface area contributed by atoms with Gasteiger partial charge in [0.25, 0.3) is 5.91 Å². The highest BCUT2D eigenvalue weighted by Crippen LogP contribution is 2.42. The Bertz CT molecular complexity index is 2760. The molecular weight excluding hydrogens is 931 g/mol. The Morgan fingerprint density at radius 1 is 0.841 bits per heavy atom. The number of hydrogen-bond acceptors (Lipinski definition) is 13. The number of aromatic hydroxyl groups is 1. The van der Waals surface area contributed by atoms with Gasteiger partial charge in [0.15, 0.2) is 0 Å². The number of amides is 4. The molecule has 1 aliphatic rings. The van der Waals surface area contributed by atoms with Crippen molar-refractivity contribution in [3.05, 3.63) is 99.7 Å². The van der Waals surface area contributed by atoms with Crippen LogP contribution in [0.1, 0.15) is 40.7 Å². The Labute approximate surface area is 407 Å². The third-order valence-electron chi connectivity index (χ3n) is 11.4. The molecule has 364 valence electrons. The van der Waals surface area contributed by atoms with E-state index in [-0.39, 0.29) is 61.9 Å². The van der Waals surface area contributed by atoms with Gasteiger partial charge in [0.05, 0.1) is 60.9 Å². The number of nitrogens with zero attached hydrogens (tertiary/aromatic N) is 5. The molecule has 8 N–H and O–H groups in total. The van der Waals surface area contributed by atoms with Crippen molar-refractivity contribution in [1.82, 2.24) is 45.6 Å². The number of halogens is 2. The number of aromatic amines is 1. The maximum absolute atomic E-state index is 12.8. The average Bonchev–Trinajstić information content (AvgIpc) is 3.99. The van der Waals surface area contributed by atoms with E-state index in [1.165, 1.54) is 4.68 Å². The van der Waals surface area contributed by atoms with E-state index < -0.39 is 12.5 Å². The molecule has 5 heterocycles. The van der Waals surface area contributed by atoms with Crippen LogP contribution >= 0.6 is 23.2 Å². The molecular formula is C48H54Cl2N10O9. The summed E-state index contributed by atoms with van der Waals surface area (Å²) in [5.74, 6) is -0.714. The number of carbonyl (C=O) groups excluding carboxylic acids is 4. The van der Waals surface area contributed by atoms with Crippen LogP contribution in [0.15, 0.2) is 67.1 Å². The summed E-state index contributed by atoms with van der Waals surface area (Å²) in [6, 6.07) is 13.7. The lowest BCUT2D eigenvalue weighted by atomic mass is 9.92. The van der Waals surface area contributed by atoms with Crippen molar-refractivity contribution in [2.75, 3.05) is 78.2 Å². The Morgan fingerprint density at radius 2 is 1.54 bits per heavy atom. The van der Waals surface area contributed by atoms with Gasteiger partial charge in [-0.3, -0.25) is 28.8 Å². The SMILES string of the molecule is CCc1c(-c2ccc(C(=O)NCCC(=O)NCCOCCOCCOCCNC(=O)Cn3ccc(-c4cc(Cl)c(Cl)c5[nH]c6c(c45)CN(C(=O)CO)CC6)n3)nc2)cnc(N)c1-c1ccc(O)cc1. The van der Waals surface area contributed by atoms with E-state index in [0.29, 0.717) is 98.1 Å². The fourth-order valence-corrected chi connectivity index (χ4v) is 8.41. The molecule has 0 saturated carbocycles. The molecule has 19 nitrogen and oxygen atoms in total. The van der Waals surface area contributed by atoms with Crippen LogP contribution < -0.4 is 21.7 Å². The molecule has 6 aromatic rings. The second kappa shape index (κ2) is 24.1. The number of benzene rings is 2. The summed E-state index contributed by atoms with van der Waals surface area (Å²) >= 11 is 13.1. The van der Waals surface area contributed by atoms with Gasteiger partial charge in [-0.05, 0) is 47.9 Å². The number of carbonyl (C=O) groups is 4. The quantitative estimate of drug-likeness (QED) is 0.0443. The number of aliphatic hydroxyl groups excluding tert-OH is 1. The molecule has 1 aliphatic heterocycles. The van der Waals surface area contributed by atoms with Crippen molar-refractivity contribution in [2.45, 2.75) is 39.3 Å². The highest BCUT2D eigenvalue weighted by atomic mass is 35.5. The molecule has 7 rings (SSSR count). The zero-order chi connectivity index (χ0) is 48.9. The van der Waals surface area contributed by atoms with Crippen molar-refractivity contribution in [1.29, 1.82) is 0 Å². The second-order valence-corrected chi connectivity index (χ2v) is 16.7. The van der Waals surface area contributed by atoms with E-state index in [4.69, 9.17) is 43.1 Å². The Kier molecular flexibility index (Phi) is 17.6. The normalized spacial score (nSPS) is 12.3. The van der Waals surface area contributed by atoms with E-state index in [1.807, 2.05) is 6.92 Å². The number of H-pyrrole nitrogens is 1. The fourth-order valence-electron chi connectivity index (χ4n) is 8.01. The van der Waals surface area contributed by atoms with E-state index >= 15 is 0 Å². The number of hydrogen-bond donors (Lipinski definition) is 7. The zero-order valence-electron chi connectivity index (χ0n) is 38.0. The van der Waals surface area contributed by atoms with E-state index in [2.05, 4.69) is 36.0 Å². The molecule has 0 fully saturated rings. The van der Waals surface area contributed by atoms with Gasteiger partial charge in [-0.1, -0.05) is 48.3 Å². The highest BCUT2D eigenvalue weighted by Gasteiger charge is 2.28. The summed E-state index contributed by atoms with van der Waals surface area (Å²) in [4.78, 5) is 63.7. The monoisotopic (exact) mass is 984 g/mol. The fraction of sp³-hybridized carbons (Fsp3) is 0.354. The van der Waals surface area contributed by atoms with Crippen LogP contribution in [0.25, 0.3) is 44.4 Å². The molecule has 0 atom stereocenters. The van der Waals surface area contributed by atoms with E-state index in [0.717, 1.165) is 44.5 Å². The first-order valence-electron chi connectivity index (χ1n) is 22.5. The molecule has 0 radical (unpaired) electrons. The van der Waals surface area contributed by atoms with Gasteiger partial charge in [0.1, 0.15) is 30.4 Å². The van der Waals surface area contributed by atoms with Gasteiger partial charge in [-0.25, -0.2) is 4.98 Å². The summed E-state index contributed by atoms with van der Waals surface area (Å²) in [6.45, 7) is 4.81. The molecule has 2 aromatic carbocycles. The van der Waals surface area contributed by atoms with Crippen LogP contribution in [0.5, 0.6) is 5.75 Å². The Hall–Kier alpha value is -6.61. The van der Waals surface area contributed by atoms with Gasteiger partial charge in [-0.2, -0.15) is 5.10 Å². The summed E-state index contributed by atoms with van der Waals surface area (Å²) < 4.78 is 18.1. The highest BCUT2D eigenvalue weighted by molar-refractivity contribution is 6.45. The largest absolute Gasteiger partial charge is 0.508 e. The average molecular weight is 986 g/mol. The molecule has 4 amide bonds. The number of phenols is 1. The minimum absolute atomic E-state index is 0.0216. The van der Waals surface area contributed by atoms with Crippen molar-refractivity contribution in [3.8, 4) is 39.3 Å². The number of rotatable bonds is 23. The third-order valence-corrected chi connectivity index (χ3v) is 12.2. The summed E-state index contributed by atoms with van der Waals surface area (Å²) in [5, 5.41) is 33.6.